The van der Waals surface area contributed by atoms with Crippen molar-refractivity contribution >= 4 is 34.3 Å². The molecule has 3 aromatic rings. The molecule has 0 unspecified atom stereocenters. The summed E-state index contributed by atoms with van der Waals surface area (Å²) in [6.45, 7) is 10.9. The van der Waals surface area contributed by atoms with Crippen LogP contribution >= 0.6 is 11.3 Å². The number of benzene rings is 2. The molecule has 0 saturated heterocycles. The standard InChI is InChI=1S/C28H31NO5S/c1-6-32-23-13-10-20(16-24(23)33-7-2)11-14-25(30)29-27-26(28(31)34-8-3)22(17-35-27)21-12-9-18(4)15-19(21)5/h9-17H,6-8H2,1-5H3,(H,29,30)/b14-11+. The van der Waals surface area contributed by atoms with Crippen LogP contribution in [0.3, 0.4) is 0 Å². The largest absolute Gasteiger partial charge is 0.490 e. The van der Waals surface area contributed by atoms with Crippen LogP contribution in [-0.4, -0.2) is 31.7 Å². The number of esters is 1. The number of anilines is 1. The monoisotopic (exact) mass is 493 g/mol. The lowest BCUT2D eigenvalue weighted by molar-refractivity contribution is -0.111. The van der Waals surface area contributed by atoms with E-state index in [9.17, 15) is 9.59 Å². The number of carbonyl (C=O) groups is 2. The highest BCUT2D eigenvalue weighted by molar-refractivity contribution is 7.15. The summed E-state index contributed by atoms with van der Waals surface area (Å²) >= 11 is 1.30. The second-order valence-electron chi connectivity index (χ2n) is 7.79. The first-order valence-corrected chi connectivity index (χ1v) is 12.5. The summed E-state index contributed by atoms with van der Waals surface area (Å²) < 4.78 is 16.5. The lowest BCUT2D eigenvalue weighted by atomic mass is 9.97. The minimum Gasteiger partial charge on any atom is -0.490 e. The molecule has 1 amide bonds. The van der Waals surface area contributed by atoms with E-state index in [-0.39, 0.29) is 12.5 Å². The highest BCUT2D eigenvalue weighted by atomic mass is 32.1. The zero-order valence-electron chi connectivity index (χ0n) is 20.8. The Bertz CT molecular complexity index is 1230. The number of nitrogens with one attached hydrogen (secondary N) is 1. The first kappa shape index (κ1) is 26.0. The topological polar surface area (TPSA) is 73.9 Å². The maximum absolute atomic E-state index is 12.8. The normalized spacial score (nSPS) is 10.9. The van der Waals surface area contributed by atoms with Gasteiger partial charge >= 0.3 is 5.97 Å². The SMILES string of the molecule is CCOC(=O)c1c(-c2ccc(C)cc2C)csc1NC(=O)/C=C/c1ccc(OCC)c(OCC)c1. The predicted octanol–water partition coefficient (Wildman–Crippen LogP) is 6.66. The molecule has 7 heteroatoms. The summed E-state index contributed by atoms with van der Waals surface area (Å²) in [5.74, 6) is 0.470. The second-order valence-corrected chi connectivity index (χ2v) is 8.67. The van der Waals surface area contributed by atoms with Gasteiger partial charge in [0.2, 0.25) is 5.91 Å². The Kier molecular flexibility index (Phi) is 9.09. The average Bonchev–Trinajstić information content (AvgIpc) is 3.22. The Morgan fingerprint density at radius 1 is 0.914 bits per heavy atom. The molecule has 0 radical (unpaired) electrons. The maximum Gasteiger partial charge on any atom is 0.341 e. The van der Waals surface area contributed by atoms with E-state index in [1.54, 1.807) is 13.0 Å². The maximum atomic E-state index is 12.8. The van der Waals surface area contributed by atoms with Crippen LogP contribution in [0.2, 0.25) is 0 Å². The van der Waals surface area contributed by atoms with E-state index in [4.69, 9.17) is 14.2 Å². The Morgan fingerprint density at radius 2 is 1.66 bits per heavy atom. The molecule has 1 N–H and O–H groups in total. The second kappa shape index (κ2) is 12.2. The third-order valence-corrected chi connectivity index (χ3v) is 6.07. The summed E-state index contributed by atoms with van der Waals surface area (Å²) in [5, 5.41) is 5.18. The molecule has 6 nitrogen and oxygen atoms in total. The number of carbonyl (C=O) groups excluding carboxylic acids is 2. The first-order chi connectivity index (χ1) is 16.9. The van der Waals surface area contributed by atoms with Crippen molar-refractivity contribution in [2.45, 2.75) is 34.6 Å². The molecule has 2 aromatic carbocycles. The number of aryl methyl sites for hydroxylation is 2. The van der Waals surface area contributed by atoms with Gasteiger partial charge in [0.1, 0.15) is 10.6 Å². The van der Waals surface area contributed by atoms with Crippen molar-refractivity contribution in [3.05, 3.63) is 70.1 Å². The van der Waals surface area contributed by atoms with Crippen molar-refractivity contribution < 1.29 is 23.8 Å². The van der Waals surface area contributed by atoms with Crippen LogP contribution in [0, 0.1) is 13.8 Å². The van der Waals surface area contributed by atoms with Gasteiger partial charge in [-0.05, 0) is 69.5 Å². The molecule has 0 fully saturated rings. The molecule has 0 atom stereocenters. The van der Waals surface area contributed by atoms with Gasteiger partial charge in [-0.2, -0.15) is 0 Å². The molecule has 0 aliphatic carbocycles. The van der Waals surface area contributed by atoms with Gasteiger partial charge in [-0.25, -0.2) is 4.79 Å². The van der Waals surface area contributed by atoms with Crippen LogP contribution in [0.1, 0.15) is 47.8 Å². The fourth-order valence-electron chi connectivity index (χ4n) is 3.67. The van der Waals surface area contributed by atoms with Gasteiger partial charge in [0.15, 0.2) is 11.5 Å². The van der Waals surface area contributed by atoms with Gasteiger partial charge in [-0.3, -0.25) is 4.79 Å². The summed E-state index contributed by atoms with van der Waals surface area (Å²) in [5.41, 5.74) is 5.03. The van der Waals surface area contributed by atoms with E-state index >= 15 is 0 Å². The Labute approximate surface area is 210 Å². The van der Waals surface area contributed by atoms with Gasteiger partial charge in [0, 0.05) is 17.0 Å². The summed E-state index contributed by atoms with van der Waals surface area (Å²) in [6, 6.07) is 11.6. The molecule has 0 aliphatic rings. The quantitative estimate of drug-likeness (QED) is 0.253. The predicted molar refractivity (Wildman–Crippen MR) is 142 cm³/mol. The van der Waals surface area contributed by atoms with Gasteiger partial charge < -0.3 is 19.5 Å². The number of hydrogen-bond donors (Lipinski definition) is 1. The molecule has 0 aliphatic heterocycles. The molecule has 0 bridgehead atoms. The summed E-state index contributed by atoms with van der Waals surface area (Å²) in [6.07, 6.45) is 3.12. The molecular weight excluding hydrogens is 462 g/mol. The summed E-state index contributed by atoms with van der Waals surface area (Å²) in [7, 11) is 0. The molecule has 1 aromatic heterocycles. The average molecular weight is 494 g/mol. The van der Waals surface area contributed by atoms with Gasteiger partial charge in [-0.1, -0.05) is 29.8 Å². The highest BCUT2D eigenvalue weighted by Gasteiger charge is 2.23. The smallest absolute Gasteiger partial charge is 0.341 e. The molecule has 184 valence electrons. The van der Waals surface area contributed by atoms with Crippen LogP contribution in [0.4, 0.5) is 5.00 Å². The van der Waals surface area contributed by atoms with Gasteiger partial charge in [0.05, 0.1) is 19.8 Å². The van der Waals surface area contributed by atoms with Crippen LogP contribution in [0.25, 0.3) is 17.2 Å². The van der Waals surface area contributed by atoms with Crippen molar-refractivity contribution in [1.29, 1.82) is 0 Å². The van der Waals surface area contributed by atoms with E-state index in [2.05, 4.69) is 11.4 Å². The molecule has 1 heterocycles. The fourth-order valence-corrected chi connectivity index (χ4v) is 4.62. The van der Waals surface area contributed by atoms with Crippen molar-refractivity contribution in [3.63, 3.8) is 0 Å². The molecule has 0 saturated carbocycles. The van der Waals surface area contributed by atoms with Crippen LogP contribution < -0.4 is 14.8 Å². The third-order valence-electron chi connectivity index (χ3n) is 5.17. The highest BCUT2D eigenvalue weighted by Crippen LogP contribution is 2.38. The zero-order valence-corrected chi connectivity index (χ0v) is 21.6. The lowest BCUT2D eigenvalue weighted by Gasteiger charge is -2.11. The van der Waals surface area contributed by atoms with Crippen LogP contribution in [-0.2, 0) is 9.53 Å². The lowest BCUT2D eigenvalue weighted by Crippen LogP contribution is -2.12. The van der Waals surface area contributed by atoms with E-state index in [1.165, 1.54) is 17.4 Å². The van der Waals surface area contributed by atoms with E-state index in [0.717, 1.165) is 27.8 Å². The molecular formula is C28H31NO5S. The Morgan fingerprint density at radius 3 is 2.34 bits per heavy atom. The number of hydrogen-bond acceptors (Lipinski definition) is 6. The summed E-state index contributed by atoms with van der Waals surface area (Å²) in [4.78, 5) is 25.6. The van der Waals surface area contributed by atoms with Crippen molar-refractivity contribution in [3.8, 4) is 22.6 Å². The zero-order chi connectivity index (χ0) is 25.4. The number of ether oxygens (including phenoxy) is 3. The van der Waals surface area contributed by atoms with Gasteiger partial charge in [-0.15, -0.1) is 11.3 Å². The number of rotatable bonds is 10. The van der Waals surface area contributed by atoms with Crippen LogP contribution in [0.5, 0.6) is 11.5 Å². The van der Waals surface area contributed by atoms with Crippen LogP contribution in [0.15, 0.2) is 47.9 Å². The molecule has 0 spiro atoms. The van der Waals surface area contributed by atoms with Crippen molar-refractivity contribution in [1.82, 2.24) is 0 Å². The van der Waals surface area contributed by atoms with E-state index in [0.29, 0.717) is 35.3 Å². The first-order valence-electron chi connectivity index (χ1n) is 11.6. The Balaban J connectivity index is 1.86. The minimum atomic E-state index is -0.462. The fraction of sp³-hybridized carbons (Fsp3) is 0.286. The van der Waals surface area contributed by atoms with Crippen molar-refractivity contribution in [2.24, 2.45) is 0 Å². The van der Waals surface area contributed by atoms with E-state index in [1.807, 2.05) is 63.4 Å². The molecule has 35 heavy (non-hydrogen) atoms. The third kappa shape index (κ3) is 6.51. The number of thiophene rings is 1. The number of amides is 1. The van der Waals surface area contributed by atoms with E-state index < -0.39 is 5.97 Å². The minimum absolute atomic E-state index is 0.244. The molecule has 3 rings (SSSR count). The Hall–Kier alpha value is -3.58. The van der Waals surface area contributed by atoms with Gasteiger partial charge in [0.25, 0.3) is 0 Å². The van der Waals surface area contributed by atoms with Crippen molar-refractivity contribution in [2.75, 3.05) is 25.1 Å².